The molecular weight excluding hydrogens is 295 g/mol. The molecule has 0 heterocycles. The average molecular weight is 330 g/mol. The Balaban J connectivity index is 0. The Bertz CT molecular complexity index is 307. The molecule has 6 heteroatoms. The minimum absolute atomic E-state index is 0. The molecule has 130 valence electrons. The van der Waals surface area contributed by atoms with Gasteiger partial charge < -0.3 is 0 Å². The van der Waals surface area contributed by atoms with Gasteiger partial charge in [0.25, 0.3) is 0 Å². The van der Waals surface area contributed by atoms with Gasteiger partial charge in [0, 0.05) is 0 Å². The van der Waals surface area contributed by atoms with Gasteiger partial charge in [-0.05, 0) is 12.8 Å². The molecule has 0 bridgehead atoms. The van der Waals surface area contributed by atoms with Crippen LogP contribution in [0, 0.1) is 0 Å². The van der Waals surface area contributed by atoms with Gasteiger partial charge in [0.2, 0.25) is 0 Å². The van der Waals surface area contributed by atoms with Crippen molar-refractivity contribution in [2.45, 2.75) is 90.9 Å². The van der Waals surface area contributed by atoms with E-state index < -0.39 is 10.4 Å². The van der Waals surface area contributed by atoms with Crippen LogP contribution in [0.25, 0.3) is 0 Å². The Morgan fingerprint density at radius 1 is 0.591 bits per heavy atom. The van der Waals surface area contributed by atoms with Crippen molar-refractivity contribution >= 4 is 29.3 Å². The van der Waals surface area contributed by atoms with E-state index in [0.29, 0.717) is 0 Å². The SMILES string of the molecule is CCCCCCCCCCCOS(=O)(=O)OCCCCC.[LiH]. The molecule has 22 heavy (non-hydrogen) atoms. The topological polar surface area (TPSA) is 52.6 Å². The van der Waals surface area contributed by atoms with Crippen molar-refractivity contribution < 1.29 is 16.8 Å². The molecule has 0 amide bonds. The zero-order valence-corrected chi connectivity index (χ0v) is 14.8. The summed E-state index contributed by atoms with van der Waals surface area (Å²) < 4.78 is 32.4. The molecule has 0 aromatic rings. The van der Waals surface area contributed by atoms with Crippen LogP contribution < -0.4 is 0 Å². The van der Waals surface area contributed by atoms with E-state index in [1.807, 2.05) is 0 Å². The number of unbranched alkanes of at least 4 members (excludes halogenated alkanes) is 10. The van der Waals surface area contributed by atoms with Crippen LogP contribution in [0.4, 0.5) is 0 Å². The molecule has 0 aromatic heterocycles. The fourth-order valence-electron chi connectivity index (χ4n) is 2.12. The quantitative estimate of drug-likeness (QED) is 0.312. The predicted molar refractivity (Wildman–Crippen MR) is 94.7 cm³/mol. The number of hydrogen-bond acceptors (Lipinski definition) is 4. The molecule has 0 aliphatic carbocycles. The maximum atomic E-state index is 11.4. The zero-order valence-electron chi connectivity index (χ0n) is 13.9. The molecule has 0 unspecified atom stereocenters. The molecule has 0 saturated carbocycles. The summed E-state index contributed by atoms with van der Waals surface area (Å²) in [7, 11) is -3.77. The minimum atomic E-state index is -3.77. The van der Waals surface area contributed by atoms with Gasteiger partial charge >= 0.3 is 29.3 Å². The van der Waals surface area contributed by atoms with Crippen LogP contribution in [-0.4, -0.2) is 40.5 Å². The summed E-state index contributed by atoms with van der Waals surface area (Å²) in [5.41, 5.74) is 0. The normalized spacial score (nSPS) is 11.4. The molecule has 4 nitrogen and oxygen atoms in total. The Morgan fingerprint density at radius 2 is 0.909 bits per heavy atom. The van der Waals surface area contributed by atoms with Gasteiger partial charge in [0.1, 0.15) is 0 Å². The van der Waals surface area contributed by atoms with E-state index in [2.05, 4.69) is 13.8 Å². The van der Waals surface area contributed by atoms with E-state index in [1.54, 1.807) is 0 Å². The van der Waals surface area contributed by atoms with Gasteiger partial charge in [-0.25, -0.2) is 8.37 Å². The molecule has 0 saturated heterocycles. The fourth-order valence-corrected chi connectivity index (χ4v) is 2.83. The molecule has 0 atom stereocenters. The standard InChI is InChI=1S/C16H34O4S.Li.H/c1-3-5-7-8-9-10-11-12-14-16-20-21(17,18)19-15-13-6-4-2;;/h3-16H2,1-2H3;;. The van der Waals surface area contributed by atoms with Crippen LogP contribution in [0.2, 0.25) is 0 Å². The van der Waals surface area contributed by atoms with Crippen molar-refractivity contribution in [3.63, 3.8) is 0 Å². The van der Waals surface area contributed by atoms with E-state index in [4.69, 9.17) is 8.37 Å². The van der Waals surface area contributed by atoms with Crippen LogP contribution in [0.3, 0.4) is 0 Å². The summed E-state index contributed by atoms with van der Waals surface area (Å²) in [6.45, 7) is 4.76. The third kappa shape index (κ3) is 18.5. The van der Waals surface area contributed by atoms with Gasteiger partial charge in [-0.1, -0.05) is 78.1 Å². The van der Waals surface area contributed by atoms with E-state index in [0.717, 1.165) is 38.5 Å². The second kappa shape index (κ2) is 17.8. The molecular formula is C16H35LiO4S. The first-order valence-corrected chi connectivity index (χ1v) is 9.99. The summed E-state index contributed by atoms with van der Waals surface area (Å²) in [5.74, 6) is 0. The average Bonchev–Trinajstić information content (AvgIpc) is 2.45. The summed E-state index contributed by atoms with van der Waals surface area (Å²) in [4.78, 5) is 0. The molecule has 0 N–H and O–H groups in total. The maximum absolute atomic E-state index is 11.4. The van der Waals surface area contributed by atoms with Gasteiger partial charge in [-0.3, -0.25) is 0 Å². The van der Waals surface area contributed by atoms with Crippen LogP contribution in [0.1, 0.15) is 90.9 Å². The van der Waals surface area contributed by atoms with Crippen LogP contribution in [0.5, 0.6) is 0 Å². The third-order valence-electron chi connectivity index (χ3n) is 3.45. The van der Waals surface area contributed by atoms with Crippen molar-refractivity contribution in [2.75, 3.05) is 13.2 Å². The Morgan fingerprint density at radius 3 is 1.36 bits per heavy atom. The predicted octanol–water partition coefficient (Wildman–Crippen LogP) is 4.34. The molecule has 0 rings (SSSR count). The Kier molecular flexibility index (Phi) is 20.0. The summed E-state index contributed by atoms with van der Waals surface area (Å²) in [6.07, 6.45) is 13.6. The Labute approximate surface area is 150 Å². The molecule has 0 aliphatic heterocycles. The van der Waals surface area contributed by atoms with Crippen molar-refractivity contribution in [1.82, 2.24) is 0 Å². The number of hydrogen-bond donors (Lipinski definition) is 0. The molecule has 0 aromatic carbocycles. The van der Waals surface area contributed by atoms with E-state index in [-0.39, 0.29) is 32.1 Å². The van der Waals surface area contributed by atoms with E-state index in [9.17, 15) is 8.42 Å². The first-order chi connectivity index (χ1) is 10.1. The fraction of sp³-hybridized carbons (Fsp3) is 1.00. The van der Waals surface area contributed by atoms with Gasteiger partial charge in [0.05, 0.1) is 13.2 Å². The van der Waals surface area contributed by atoms with Crippen LogP contribution in [0.15, 0.2) is 0 Å². The van der Waals surface area contributed by atoms with Gasteiger partial charge in [0.15, 0.2) is 0 Å². The first kappa shape index (κ1) is 24.7. The molecule has 0 fully saturated rings. The van der Waals surface area contributed by atoms with E-state index >= 15 is 0 Å². The monoisotopic (exact) mass is 330 g/mol. The number of rotatable bonds is 16. The van der Waals surface area contributed by atoms with Crippen LogP contribution >= 0.6 is 0 Å². The van der Waals surface area contributed by atoms with Crippen molar-refractivity contribution in [3.05, 3.63) is 0 Å². The third-order valence-corrected chi connectivity index (χ3v) is 4.36. The van der Waals surface area contributed by atoms with Crippen molar-refractivity contribution in [3.8, 4) is 0 Å². The second-order valence-corrected chi connectivity index (χ2v) is 6.88. The summed E-state index contributed by atoms with van der Waals surface area (Å²) in [5, 5.41) is 0. The first-order valence-electron chi connectivity index (χ1n) is 8.66. The van der Waals surface area contributed by atoms with Gasteiger partial charge in [-0.2, -0.15) is 8.42 Å². The second-order valence-electron chi connectivity index (χ2n) is 5.59. The summed E-state index contributed by atoms with van der Waals surface area (Å²) in [6, 6.07) is 0. The Hall–Kier alpha value is 0.467. The van der Waals surface area contributed by atoms with Crippen molar-refractivity contribution in [2.24, 2.45) is 0 Å². The molecule has 0 aliphatic rings. The van der Waals surface area contributed by atoms with Crippen molar-refractivity contribution in [1.29, 1.82) is 0 Å². The zero-order chi connectivity index (χ0) is 15.8. The molecule has 0 radical (unpaired) electrons. The van der Waals surface area contributed by atoms with Gasteiger partial charge in [-0.15, -0.1) is 0 Å². The summed E-state index contributed by atoms with van der Waals surface area (Å²) >= 11 is 0. The molecule has 0 spiro atoms. The van der Waals surface area contributed by atoms with Crippen LogP contribution in [-0.2, 0) is 18.8 Å². The van der Waals surface area contributed by atoms with E-state index in [1.165, 1.54) is 38.5 Å².